The van der Waals surface area contributed by atoms with E-state index in [9.17, 15) is 0 Å². The van der Waals surface area contributed by atoms with Crippen LogP contribution in [-0.4, -0.2) is 21.3 Å². The maximum Gasteiger partial charge on any atom is 0.154 e. The van der Waals surface area contributed by atoms with Crippen molar-refractivity contribution >= 4 is 27.8 Å². The molecular weight excluding hydrogens is 242 g/mol. The van der Waals surface area contributed by atoms with Gasteiger partial charge in [0.2, 0.25) is 0 Å². The van der Waals surface area contributed by atoms with E-state index in [4.69, 9.17) is 16.3 Å². The van der Waals surface area contributed by atoms with Crippen LogP contribution >= 0.6 is 0 Å². The van der Waals surface area contributed by atoms with Crippen molar-refractivity contribution < 1.29 is 4.74 Å². The number of hydrogen-bond acceptors (Lipinski definition) is 5. The molecule has 0 saturated carbocycles. The highest BCUT2D eigenvalue weighted by atomic mass is 16.5. The van der Waals surface area contributed by atoms with Crippen LogP contribution in [0.3, 0.4) is 0 Å². The van der Waals surface area contributed by atoms with Crippen molar-refractivity contribution in [1.82, 2.24) is 14.6 Å². The van der Waals surface area contributed by atoms with E-state index in [-0.39, 0.29) is 0 Å². The Morgan fingerprint density at radius 1 is 1.26 bits per heavy atom. The number of nitrogens with zero attached hydrogens (tertiary/aromatic N) is 3. The van der Waals surface area contributed by atoms with Crippen molar-refractivity contribution in [1.29, 1.82) is 0 Å². The highest BCUT2D eigenvalue weighted by molar-refractivity contribution is 6.06. The first kappa shape index (κ1) is 11.7. The van der Waals surface area contributed by atoms with E-state index >= 15 is 0 Å². The summed E-state index contributed by atoms with van der Waals surface area (Å²) in [4.78, 5) is 8.77. The highest BCUT2D eigenvalue weighted by Gasteiger charge is 2.15. The molecule has 0 aliphatic carbocycles. The van der Waals surface area contributed by atoms with E-state index in [0.29, 0.717) is 30.4 Å². The molecule has 0 saturated heterocycles. The molecule has 0 spiro atoms. The van der Waals surface area contributed by atoms with Gasteiger partial charge in [0.25, 0.3) is 0 Å². The van der Waals surface area contributed by atoms with Gasteiger partial charge in [0.05, 0.1) is 5.52 Å². The van der Waals surface area contributed by atoms with Gasteiger partial charge in [-0.1, -0.05) is 18.2 Å². The topological polar surface area (TPSA) is 92.0 Å². The minimum Gasteiger partial charge on any atom is -0.382 e. The fourth-order valence-corrected chi connectivity index (χ4v) is 2.16. The van der Waals surface area contributed by atoms with E-state index < -0.39 is 0 Å². The molecule has 19 heavy (non-hydrogen) atoms. The Morgan fingerprint density at radius 2 is 2.05 bits per heavy atom. The predicted octanol–water partition coefficient (Wildman–Crippen LogP) is 1.42. The lowest BCUT2D eigenvalue weighted by molar-refractivity contribution is 0.127. The summed E-state index contributed by atoms with van der Waals surface area (Å²) >= 11 is 0. The zero-order chi connectivity index (χ0) is 13.4. The van der Waals surface area contributed by atoms with Gasteiger partial charge >= 0.3 is 0 Å². The van der Waals surface area contributed by atoms with Gasteiger partial charge in [0, 0.05) is 12.0 Å². The van der Waals surface area contributed by atoms with Gasteiger partial charge in [-0.05, 0) is 13.0 Å². The Bertz CT molecular complexity index is 749. The number of ether oxygens (including phenoxy) is 1. The number of rotatable bonds is 3. The Kier molecular flexibility index (Phi) is 2.72. The molecule has 0 amide bonds. The van der Waals surface area contributed by atoms with Crippen LogP contribution in [0, 0.1) is 0 Å². The lowest BCUT2D eigenvalue weighted by Crippen LogP contribution is -2.13. The van der Waals surface area contributed by atoms with Gasteiger partial charge < -0.3 is 16.3 Å². The van der Waals surface area contributed by atoms with Gasteiger partial charge in [-0.2, -0.15) is 0 Å². The summed E-state index contributed by atoms with van der Waals surface area (Å²) in [6.45, 7) is 2.89. The number of nitrogens with two attached hydrogens (primary N) is 2. The van der Waals surface area contributed by atoms with Crippen molar-refractivity contribution in [3.8, 4) is 0 Å². The Morgan fingerprint density at radius 3 is 2.84 bits per heavy atom. The molecule has 2 heterocycles. The normalized spacial score (nSPS) is 11.4. The summed E-state index contributed by atoms with van der Waals surface area (Å²) in [5, 5.41) is 0.935. The summed E-state index contributed by atoms with van der Waals surface area (Å²) in [6.07, 6.45) is 0. The molecule has 0 unspecified atom stereocenters. The molecule has 0 aliphatic heterocycles. The number of para-hydroxylation sites is 1. The zero-order valence-electron chi connectivity index (χ0n) is 10.6. The fraction of sp³-hybridized carbons (Fsp3) is 0.231. The Labute approximate surface area is 110 Å². The molecule has 1 aromatic carbocycles. The van der Waals surface area contributed by atoms with Gasteiger partial charge in [0.15, 0.2) is 11.6 Å². The van der Waals surface area contributed by atoms with Crippen LogP contribution in [0.25, 0.3) is 21.9 Å². The number of imidazole rings is 1. The first-order valence-corrected chi connectivity index (χ1v) is 6.10. The smallest absolute Gasteiger partial charge is 0.154 e. The third-order valence-electron chi connectivity index (χ3n) is 3.06. The molecule has 0 radical (unpaired) electrons. The molecule has 2 aromatic heterocycles. The second-order valence-corrected chi connectivity index (χ2v) is 4.25. The first-order chi connectivity index (χ1) is 9.22. The van der Waals surface area contributed by atoms with Crippen molar-refractivity contribution in [2.45, 2.75) is 13.5 Å². The number of anilines is 1. The minimum atomic E-state index is 0.357. The van der Waals surface area contributed by atoms with Crippen LogP contribution in [0.1, 0.15) is 12.7 Å². The Hall–Kier alpha value is -2.34. The van der Waals surface area contributed by atoms with Gasteiger partial charge in [-0.3, -0.25) is 0 Å². The second kappa shape index (κ2) is 4.40. The Balaban J connectivity index is 2.33. The van der Waals surface area contributed by atoms with E-state index in [1.165, 1.54) is 4.68 Å². The number of aromatic nitrogens is 3. The van der Waals surface area contributed by atoms with E-state index in [1.54, 1.807) is 0 Å². The van der Waals surface area contributed by atoms with Crippen molar-refractivity contribution in [2.24, 2.45) is 0 Å². The van der Waals surface area contributed by atoms with Crippen LogP contribution in [0.2, 0.25) is 0 Å². The first-order valence-electron chi connectivity index (χ1n) is 6.10. The van der Waals surface area contributed by atoms with Crippen LogP contribution in [-0.2, 0) is 11.3 Å². The van der Waals surface area contributed by atoms with Crippen molar-refractivity contribution in [3.05, 3.63) is 30.1 Å². The van der Waals surface area contributed by atoms with Crippen molar-refractivity contribution in [2.75, 3.05) is 18.2 Å². The SMILES string of the molecule is CCOCc1nc2c(N)nc3ccccc3c2n1N. The second-order valence-electron chi connectivity index (χ2n) is 4.25. The third-order valence-corrected chi connectivity index (χ3v) is 3.06. The monoisotopic (exact) mass is 257 g/mol. The number of hydrogen-bond donors (Lipinski definition) is 2. The number of nitrogen functional groups attached to an aromatic ring is 2. The lowest BCUT2D eigenvalue weighted by atomic mass is 10.2. The average molecular weight is 257 g/mol. The molecule has 3 aromatic rings. The van der Waals surface area contributed by atoms with E-state index in [1.807, 2.05) is 31.2 Å². The molecule has 0 atom stereocenters. The summed E-state index contributed by atoms with van der Waals surface area (Å²) in [5.41, 5.74) is 8.17. The quantitative estimate of drug-likeness (QED) is 0.692. The van der Waals surface area contributed by atoms with Gasteiger partial charge in [-0.25, -0.2) is 14.6 Å². The van der Waals surface area contributed by atoms with Gasteiger partial charge in [0.1, 0.15) is 17.6 Å². The van der Waals surface area contributed by atoms with Crippen LogP contribution < -0.4 is 11.6 Å². The standard InChI is InChI=1S/C13H15N5O/c1-2-19-7-10-17-11-12(18(10)15)8-5-3-4-6-9(8)16-13(11)14/h3-6H,2,7,15H2,1H3,(H2,14,16). The maximum atomic E-state index is 6.11. The van der Waals surface area contributed by atoms with E-state index in [0.717, 1.165) is 16.4 Å². The van der Waals surface area contributed by atoms with Gasteiger partial charge in [-0.15, -0.1) is 0 Å². The summed E-state index contributed by atoms with van der Waals surface area (Å²) < 4.78 is 6.89. The summed E-state index contributed by atoms with van der Waals surface area (Å²) in [6, 6.07) is 7.72. The molecule has 0 bridgehead atoms. The maximum absolute atomic E-state index is 6.11. The fourth-order valence-electron chi connectivity index (χ4n) is 2.16. The predicted molar refractivity (Wildman–Crippen MR) is 74.9 cm³/mol. The highest BCUT2D eigenvalue weighted by Crippen LogP contribution is 2.27. The van der Waals surface area contributed by atoms with Crippen LogP contribution in [0.15, 0.2) is 24.3 Å². The molecule has 0 fully saturated rings. The average Bonchev–Trinajstić information content (AvgIpc) is 2.75. The third kappa shape index (κ3) is 1.77. The minimum absolute atomic E-state index is 0.357. The molecule has 3 rings (SSSR count). The largest absolute Gasteiger partial charge is 0.382 e. The number of benzene rings is 1. The zero-order valence-corrected chi connectivity index (χ0v) is 10.6. The number of fused-ring (bicyclic) bond motifs is 3. The van der Waals surface area contributed by atoms with Crippen molar-refractivity contribution in [3.63, 3.8) is 0 Å². The molecule has 6 nitrogen and oxygen atoms in total. The molecule has 4 N–H and O–H groups in total. The van der Waals surface area contributed by atoms with E-state index in [2.05, 4.69) is 9.97 Å². The summed E-state index contributed by atoms with van der Waals surface area (Å²) in [5.74, 6) is 7.13. The number of pyridine rings is 1. The lowest BCUT2D eigenvalue weighted by Gasteiger charge is -2.04. The van der Waals surface area contributed by atoms with Crippen LogP contribution in [0.4, 0.5) is 5.82 Å². The molecule has 6 heteroatoms. The molecule has 0 aliphatic rings. The molecule has 98 valence electrons. The molecular formula is C13H15N5O. The van der Waals surface area contributed by atoms with Crippen LogP contribution in [0.5, 0.6) is 0 Å². The summed E-state index contributed by atoms with van der Waals surface area (Å²) in [7, 11) is 0.